The molecule has 0 rings (SSSR count). The molecule has 0 aromatic heterocycles. The number of alkyl halides is 3. The van der Waals surface area contributed by atoms with Crippen LogP contribution in [0.25, 0.3) is 0 Å². The van der Waals surface area contributed by atoms with E-state index in [-0.39, 0.29) is 13.8 Å². The minimum atomic E-state index is -5.76. The third-order valence-corrected chi connectivity index (χ3v) is 3.28. The van der Waals surface area contributed by atoms with E-state index in [0.717, 1.165) is 0 Å². The van der Waals surface area contributed by atoms with Crippen molar-refractivity contribution in [1.29, 1.82) is 0 Å². The Labute approximate surface area is 70.2 Å². The lowest BCUT2D eigenvalue weighted by molar-refractivity contribution is -0.140. The van der Waals surface area contributed by atoms with Crippen LogP contribution in [-0.2, 0) is 14.0 Å². The zero-order chi connectivity index (χ0) is 10.9. The number of halogens is 5. The molecule has 0 fully saturated rings. The number of rotatable bonds is 4. The molecule has 1 unspecified atom stereocenters. The van der Waals surface area contributed by atoms with Crippen molar-refractivity contribution in [1.82, 2.24) is 0 Å². The van der Waals surface area contributed by atoms with Gasteiger partial charge in [-0.05, 0) is 16.0 Å². The first-order valence-corrected chi connectivity index (χ1v) is 4.44. The summed E-state index contributed by atoms with van der Waals surface area (Å²) in [6, 6.07) is 0. The first-order chi connectivity index (χ1) is 5.62. The predicted octanol–water partition coefficient (Wildman–Crippen LogP) is 3.32. The third-order valence-electron chi connectivity index (χ3n) is 1.50. The lowest BCUT2D eigenvalue weighted by Gasteiger charge is -2.28. The van der Waals surface area contributed by atoms with Gasteiger partial charge in [0.05, 0.1) is 0 Å². The van der Waals surface area contributed by atoms with Gasteiger partial charge in [-0.3, -0.25) is 4.57 Å². The highest BCUT2D eigenvalue weighted by atomic mass is 31.2. The highest BCUT2D eigenvalue weighted by Crippen LogP contribution is 2.66. The van der Waals surface area contributed by atoms with Crippen molar-refractivity contribution in [2.24, 2.45) is 0 Å². The monoisotopic (exact) mass is 228 g/mol. The van der Waals surface area contributed by atoms with E-state index < -0.39 is 18.9 Å². The van der Waals surface area contributed by atoms with E-state index in [2.05, 4.69) is 9.46 Å². The van der Waals surface area contributed by atoms with Crippen molar-refractivity contribution in [2.45, 2.75) is 25.2 Å². The second-order valence-electron chi connectivity index (χ2n) is 2.48. The fourth-order valence-corrected chi connectivity index (χ4v) is 1.14. The molecule has 0 amide bonds. The number of hydrogen-bond donors (Lipinski definition) is 0. The van der Waals surface area contributed by atoms with Gasteiger partial charge >= 0.3 is 7.60 Å². The summed E-state index contributed by atoms with van der Waals surface area (Å²) < 4.78 is 75.4. The van der Waals surface area contributed by atoms with Gasteiger partial charge in [-0.25, -0.2) is 13.2 Å². The highest BCUT2D eigenvalue weighted by Gasteiger charge is 2.64. The Bertz CT molecular complexity index is 216. The van der Waals surface area contributed by atoms with Crippen LogP contribution >= 0.6 is 7.60 Å². The van der Waals surface area contributed by atoms with Crippen LogP contribution in [0.3, 0.4) is 0 Å². The topological polar surface area (TPSA) is 35.5 Å². The normalized spacial score (nSPS) is 18.4. The summed E-state index contributed by atoms with van der Waals surface area (Å²) in [7, 11) is -5.76. The summed E-state index contributed by atoms with van der Waals surface area (Å²) in [6.45, 7) is -0.00930. The molecule has 0 aromatic rings. The molecule has 13 heavy (non-hydrogen) atoms. The average molecular weight is 228 g/mol. The summed E-state index contributed by atoms with van der Waals surface area (Å²) in [4.78, 5) is 0. The maximum atomic E-state index is 12.9. The fraction of sp³-hybridized carbons (Fsp3) is 1.00. The fourth-order valence-electron chi connectivity index (χ4n) is 0.381. The van der Waals surface area contributed by atoms with Gasteiger partial charge in [-0.2, -0.15) is 0 Å². The summed E-state index contributed by atoms with van der Waals surface area (Å²) in [5.74, 6) is -4.28. The summed E-state index contributed by atoms with van der Waals surface area (Å²) >= 11 is 0. The van der Waals surface area contributed by atoms with Gasteiger partial charge in [0, 0.05) is 6.92 Å². The van der Waals surface area contributed by atoms with Crippen LogP contribution in [0.2, 0.25) is 0 Å². The summed E-state index contributed by atoms with van der Waals surface area (Å²) in [6.07, 6.45) is 0. The van der Waals surface area contributed by atoms with Crippen LogP contribution in [0.1, 0.15) is 13.8 Å². The van der Waals surface area contributed by atoms with Crippen molar-refractivity contribution in [3.05, 3.63) is 0 Å². The summed E-state index contributed by atoms with van der Waals surface area (Å²) in [5, 5.41) is -4.08. The first kappa shape index (κ1) is 12.8. The molecule has 0 aromatic carbocycles. The zero-order valence-electron chi connectivity index (χ0n) is 6.56. The van der Waals surface area contributed by atoms with Crippen LogP contribution in [-0.4, -0.2) is 11.3 Å². The molecule has 0 saturated carbocycles. The lowest BCUT2D eigenvalue weighted by atomic mass is 10.2. The van der Waals surface area contributed by atoms with Gasteiger partial charge in [0.1, 0.15) is 0 Å². The van der Waals surface area contributed by atoms with Crippen LogP contribution in [0, 0.1) is 0 Å². The molecule has 0 saturated heterocycles. The standard InChI is InChI=1S/C4H6F5O3P/c1-3(5,6)4(2,7)13(10,11-8)12-9/h1-2H3. The Hall–Kier alpha value is -0.200. The molecule has 0 aliphatic carbocycles. The van der Waals surface area contributed by atoms with E-state index in [1.54, 1.807) is 0 Å². The molecule has 0 heterocycles. The van der Waals surface area contributed by atoms with Gasteiger partial charge in [-0.1, -0.05) is 0 Å². The van der Waals surface area contributed by atoms with Gasteiger partial charge in [-0.15, -0.1) is 9.46 Å². The van der Waals surface area contributed by atoms with E-state index in [4.69, 9.17) is 0 Å². The highest BCUT2D eigenvalue weighted by molar-refractivity contribution is 7.55. The van der Waals surface area contributed by atoms with Crippen LogP contribution in [0.15, 0.2) is 0 Å². The molecule has 0 aliphatic rings. The van der Waals surface area contributed by atoms with Gasteiger partial charge in [0.15, 0.2) is 0 Å². The second-order valence-corrected chi connectivity index (χ2v) is 4.59. The van der Waals surface area contributed by atoms with Crippen LogP contribution in [0.5, 0.6) is 0 Å². The van der Waals surface area contributed by atoms with Gasteiger partial charge in [0.2, 0.25) is 0 Å². The van der Waals surface area contributed by atoms with E-state index in [0.29, 0.717) is 0 Å². The Balaban J connectivity index is 5.13. The Kier molecular flexibility index (Phi) is 3.46. The smallest absolute Gasteiger partial charge is 0.251 e. The predicted molar refractivity (Wildman–Crippen MR) is 32.1 cm³/mol. The van der Waals surface area contributed by atoms with Crippen molar-refractivity contribution >= 4 is 7.60 Å². The minimum absolute atomic E-state index is 0.00688. The molecule has 0 aliphatic heterocycles. The van der Waals surface area contributed by atoms with Gasteiger partial charge < -0.3 is 0 Å². The minimum Gasteiger partial charge on any atom is -0.251 e. The number of hydrogen-bond acceptors (Lipinski definition) is 3. The van der Waals surface area contributed by atoms with E-state index >= 15 is 0 Å². The van der Waals surface area contributed by atoms with E-state index in [9.17, 15) is 26.8 Å². The Morgan fingerprint density at radius 1 is 1.08 bits per heavy atom. The average Bonchev–Trinajstić information content (AvgIpc) is 2.00. The molecule has 0 N–H and O–H groups in total. The summed E-state index contributed by atoms with van der Waals surface area (Å²) in [5.41, 5.74) is 0. The third kappa shape index (κ3) is 2.00. The van der Waals surface area contributed by atoms with Crippen molar-refractivity contribution in [3.63, 3.8) is 0 Å². The first-order valence-electron chi connectivity index (χ1n) is 2.90. The Morgan fingerprint density at radius 3 is 1.46 bits per heavy atom. The molecule has 9 heteroatoms. The molecule has 0 bridgehead atoms. The van der Waals surface area contributed by atoms with E-state index in [1.165, 1.54) is 0 Å². The molecular weight excluding hydrogens is 222 g/mol. The second kappa shape index (κ2) is 3.51. The van der Waals surface area contributed by atoms with Crippen molar-refractivity contribution < 1.29 is 36.2 Å². The quantitative estimate of drug-likeness (QED) is 0.546. The lowest BCUT2D eigenvalue weighted by Crippen LogP contribution is -2.38. The van der Waals surface area contributed by atoms with E-state index in [1.807, 2.05) is 0 Å². The van der Waals surface area contributed by atoms with Crippen molar-refractivity contribution in [2.75, 3.05) is 0 Å². The molecular formula is C4H6F5O3P. The maximum absolute atomic E-state index is 12.9. The molecule has 0 spiro atoms. The SMILES string of the molecule is CC(F)(F)C(C)(F)P(=O)(OF)OF. The molecule has 3 nitrogen and oxygen atoms in total. The van der Waals surface area contributed by atoms with Crippen molar-refractivity contribution in [3.8, 4) is 0 Å². The van der Waals surface area contributed by atoms with Crippen LogP contribution < -0.4 is 0 Å². The molecule has 80 valence electrons. The maximum Gasteiger partial charge on any atom is 0.435 e. The Morgan fingerprint density at radius 2 is 1.38 bits per heavy atom. The molecule has 0 radical (unpaired) electrons. The molecule has 1 atom stereocenters. The van der Waals surface area contributed by atoms with Gasteiger partial charge in [0.25, 0.3) is 11.3 Å². The zero-order valence-corrected chi connectivity index (χ0v) is 7.46. The van der Waals surface area contributed by atoms with Crippen LogP contribution in [0.4, 0.5) is 22.2 Å². The largest absolute Gasteiger partial charge is 0.435 e.